The molecule has 2 rings (SSSR count). The Labute approximate surface area is 125 Å². The van der Waals surface area contributed by atoms with Crippen LogP contribution < -0.4 is 5.32 Å². The molecule has 0 radical (unpaired) electrons. The Hall–Kier alpha value is -1.80. The fourth-order valence-electron chi connectivity index (χ4n) is 1.79. The molecule has 5 nitrogen and oxygen atoms in total. The van der Waals surface area contributed by atoms with Gasteiger partial charge in [0, 0.05) is 11.9 Å². The predicted molar refractivity (Wildman–Crippen MR) is 79.8 cm³/mol. The molecule has 0 fully saturated rings. The summed E-state index contributed by atoms with van der Waals surface area (Å²) in [6.07, 6.45) is 1.05. The predicted octanol–water partition coefficient (Wildman–Crippen LogP) is 2.39. The van der Waals surface area contributed by atoms with Crippen molar-refractivity contribution in [1.29, 1.82) is 0 Å². The van der Waals surface area contributed by atoms with E-state index in [0.717, 1.165) is 12.3 Å². The van der Waals surface area contributed by atoms with Gasteiger partial charge in [-0.3, -0.25) is 4.79 Å². The van der Waals surface area contributed by atoms with Crippen LogP contribution in [-0.4, -0.2) is 25.6 Å². The molecule has 0 aliphatic rings. The maximum Gasteiger partial charge on any atom is 0.267 e. The monoisotopic (exact) mass is 328 g/mol. The maximum absolute atomic E-state index is 13.3. The lowest BCUT2D eigenvalue weighted by molar-refractivity contribution is 0.102. The van der Waals surface area contributed by atoms with E-state index in [0.29, 0.717) is 10.6 Å². The second kappa shape index (κ2) is 5.90. The molecule has 0 saturated carbocycles. The van der Waals surface area contributed by atoms with Gasteiger partial charge in [-0.25, -0.2) is 17.8 Å². The van der Waals surface area contributed by atoms with Gasteiger partial charge in [-0.05, 0) is 30.7 Å². The van der Waals surface area contributed by atoms with Crippen LogP contribution in [-0.2, 0) is 15.6 Å². The van der Waals surface area contributed by atoms with Crippen molar-refractivity contribution in [3.05, 3.63) is 45.7 Å². The topological polar surface area (TPSA) is 76.1 Å². The lowest BCUT2D eigenvalue weighted by Crippen LogP contribution is -2.14. The lowest BCUT2D eigenvalue weighted by atomic mass is 10.2. The number of aryl methyl sites for hydroxylation is 1. The van der Waals surface area contributed by atoms with Crippen LogP contribution in [0.4, 0.5) is 10.1 Å². The number of nitrogens with one attached hydrogen (secondary N) is 1. The average molecular weight is 328 g/mol. The molecule has 1 heterocycles. The van der Waals surface area contributed by atoms with Gasteiger partial charge in [0.15, 0.2) is 9.84 Å². The number of anilines is 1. The van der Waals surface area contributed by atoms with Gasteiger partial charge in [0.05, 0.1) is 17.0 Å². The Kier molecular flexibility index (Phi) is 4.38. The molecule has 0 saturated heterocycles. The van der Waals surface area contributed by atoms with Crippen LogP contribution in [0.15, 0.2) is 23.7 Å². The zero-order valence-electron chi connectivity index (χ0n) is 11.4. The molecule has 0 aliphatic carbocycles. The van der Waals surface area contributed by atoms with Crippen LogP contribution in [0.2, 0.25) is 0 Å². The molecule has 2 aromatic rings. The molecular weight excluding hydrogens is 315 g/mol. The number of halogens is 1. The number of carbonyl (C=O) groups is 1. The molecule has 0 unspecified atom stereocenters. The second-order valence-corrected chi connectivity index (χ2v) is 7.59. The summed E-state index contributed by atoms with van der Waals surface area (Å²) in [5, 5.41) is 2.60. The summed E-state index contributed by atoms with van der Waals surface area (Å²) in [6.45, 7) is 1.70. The number of aromatic nitrogens is 1. The molecule has 0 spiro atoms. The Bertz CT molecular complexity index is 784. The summed E-state index contributed by atoms with van der Waals surface area (Å²) < 4.78 is 36.1. The molecule has 1 aromatic heterocycles. The van der Waals surface area contributed by atoms with Crippen LogP contribution in [0.25, 0.3) is 0 Å². The zero-order valence-corrected chi connectivity index (χ0v) is 13.0. The summed E-state index contributed by atoms with van der Waals surface area (Å²) >= 11 is 1.18. The minimum atomic E-state index is -3.34. The molecule has 1 N–H and O–H groups in total. The number of thiazole rings is 1. The molecular formula is C13H13FN2O3S2. The van der Waals surface area contributed by atoms with E-state index < -0.39 is 21.6 Å². The number of nitrogens with zero attached hydrogens (tertiary/aromatic N) is 1. The number of amides is 1. The molecule has 112 valence electrons. The van der Waals surface area contributed by atoms with Crippen molar-refractivity contribution in [2.24, 2.45) is 0 Å². The summed E-state index contributed by atoms with van der Waals surface area (Å²) in [5.74, 6) is -1.29. The van der Waals surface area contributed by atoms with Crippen LogP contribution in [0.1, 0.15) is 20.9 Å². The molecule has 1 amide bonds. The van der Waals surface area contributed by atoms with E-state index in [4.69, 9.17) is 0 Å². The standard InChI is InChI=1S/C13H13FN2O3S2/c1-8-12(20-7-15-8)13(17)16-11-4-3-10(14)5-9(11)6-21(2,18)19/h3-5,7H,6H2,1-2H3,(H,16,17). The first kappa shape index (κ1) is 15.6. The first-order valence-electron chi connectivity index (χ1n) is 5.94. The highest BCUT2D eigenvalue weighted by molar-refractivity contribution is 7.89. The number of rotatable bonds is 4. The summed E-state index contributed by atoms with van der Waals surface area (Å²) in [7, 11) is -3.34. The van der Waals surface area contributed by atoms with Crippen molar-refractivity contribution >= 4 is 32.8 Å². The summed E-state index contributed by atoms with van der Waals surface area (Å²) in [6, 6.07) is 3.63. The Morgan fingerprint density at radius 2 is 2.14 bits per heavy atom. The third kappa shape index (κ3) is 4.08. The second-order valence-electron chi connectivity index (χ2n) is 4.59. The van der Waals surface area contributed by atoms with E-state index in [1.165, 1.54) is 23.5 Å². The zero-order chi connectivity index (χ0) is 15.6. The van der Waals surface area contributed by atoms with Crippen molar-refractivity contribution in [3.63, 3.8) is 0 Å². The van der Waals surface area contributed by atoms with Crippen molar-refractivity contribution < 1.29 is 17.6 Å². The molecule has 0 bridgehead atoms. The minimum Gasteiger partial charge on any atom is -0.321 e. The molecule has 21 heavy (non-hydrogen) atoms. The molecule has 1 aromatic carbocycles. The van der Waals surface area contributed by atoms with Crippen LogP contribution in [0, 0.1) is 12.7 Å². The Morgan fingerprint density at radius 3 is 2.71 bits per heavy atom. The number of hydrogen-bond donors (Lipinski definition) is 1. The SMILES string of the molecule is Cc1ncsc1C(=O)Nc1ccc(F)cc1CS(C)(=O)=O. The fraction of sp³-hybridized carbons (Fsp3) is 0.231. The van der Waals surface area contributed by atoms with E-state index in [1.807, 2.05) is 0 Å². The van der Waals surface area contributed by atoms with Crippen LogP contribution >= 0.6 is 11.3 Å². The quantitative estimate of drug-likeness (QED) is 0.935. The van der Waals surface area contributed by atoms with Gasteiger partial charge in [0.1, 0.15) is 10.7 Å². The maximum atomic E-state index is 13.3. The minimum absolute atomic E-state index is 0.216. The normalized spacial score (nSPS) is 11.4. The van der Waals surface area contributed by atoms with Gasteiger partial charge in [-0.1, -0.05) is 0 Å². The van der Waals surface area contributed by atoms with Crippen LogP contribution in [0.5, 0.6) is 0 Å². The summed E-state index contributed by atoms with van der Waals surface area (Å²) in [5.41, 5.74) is 2.63. The largest absolute Gasteiger partial charge is 0.321 e. The summed E-state index contributed by atoms with van der Waals surface area (Å²) in [4.78, 5) is 16.5. The van der Waals surface area contributed by atoms with Gasteiger partial charge in [0.25, 0.3) is 5.91 Å². The Balaban J connectivity index is 2.32. The number of benzene rings is 1. The third-order valence-corrected chi connectivity index (χ3v) is 4.45. The van der Waals surface area contributed by atoms with E-state index in [-0.39, 0.29) is 17.0 Å². The molecule has 8 heteroatoms. The van der Waals surface area contributed by atoms with Crippen molar-refractivity contribution in [1.82, 2.24) is 4.98 Å². The first-order valence-corrected chi connectivity index (χ1v) is 8.88. The van der Waals surface area contributed by atoms with E-state index in [1.54, 1.807) is 12.4 Å². The van der Waals surface area contributed by atoms with Crippen molar-refractivity contribution in [2.45, 2.75) is 12.7 Å². The van der Waals surface area contributed by atoms with E-state index in [9.17, 15) is 17.6 Å². The Morgan fingerprint density at radius 1 is 1.43 bits per heavy atom. The van der Waals surface area contributed by atoms with Gasteiger partial charge < -0.3 is 5.32 Å². The van der Waals surface area contributed by atoms with Gasteiger partial charge >= 0.3 is 0 Å². The van der Waals surface area contributed by atoms with E-state index >= 15 is 0 Å². The van der Waals surface area contributed by atoms with Crippen LogP contribution in [0.3, 0.4) is 0 Å². The highest BCUT2D eigenvalue weighted by atomic mass is 32.2. The number of sulfone groups is 1. The average Bonchev–Trinajstić information content (AvgIpc) is 2.77. The van der Waals surface area contributed by atoms with Gasteiger partial charge in [-0.15, -0.1) is 11.3 Å². The van der Waals surface area contributed by atoms with E-state index in [2.05, 4.69) is 10.3 Å². The third-order valence-electron chi connectivity index (χ3n) is 2.68. The number of carbonyl (C=O) groups excluding carboxylic acids is 1. The van der Waals surface area contributed by atoms with Gasteiger partial charge in [-0.2, -0.15) is 0 Å². The van der Waals surface area contributed by atoms with Crippen molar-refractivity contribution in [2.75, 3.05) is 11.6 Å². The number of hydrogen-bond acceptors (Lipinski definition) is 5. The smallest absolute Gasteiger partial charge is 0.267 e. The van der Waals surface area contributed by atoms with Crippen molar-refractivity contribution in [3.8, 4) is 0 Å². The molecule has 0 aliphatic heterocycles. The fourth-order valence-corrected chi connectivity index (χ4v) is 3.29. The van der Waals surface area contributed by atoms with Gasteiger partial charge in [0.2, 0.25) is 0 Å². The first-order chi connectivity index (χ1) is 9.76. The highest BCUT2D eigenvalue weighted by Gasteiger charge is 2.16. The lowest BCUT2D eigenvalue weighted by Gasteiger charge is -2.10. The highest BCUT2D eigenvalue weighted by Crippen LogP contribution is 2.22. The molecule has 0 atom stereocenters.